The second-order valence-corrected chi connectivity index (χ2v) is 4.33. The van der Waals surface area contributed by atoms with Crippen LogP contribution in [0.1, 0.15) is 12.8 Å². The van der Waals surface area contributed by atoms with Crippen LogP contribution in [0, 0.1) is 5.92 Å². The third-order valence-electron chi connectivity index (χ3n) is 2.49. The maximum Gasteiger partial charge on any atom is 0.317 e. The zero-order valence-corrected chi connectivity index (χ0v) is 9.66. The number of aliphatic carboxylic acids is 1. The summed E-state index contributed by atoms with van der Waals surface area (Å²) in [5.74, 6) is -1.31. The molecule has 0 radical (unpaired) electrons. The molecule has 0 aromatic rings. The van der Waals surface area contributed by atoms with Crippen LogP contribution in [0.15, 0.2) is 11.6 Å². The molecule has 2 N–H and O–H groups in total. The summed E-state index contributed by atoms with van der Waals surface area (Å²) in [6.45, 7) is 4.50. The molecule has 0 aliphatic carbocycles. The number of rotatable bonds is 3. The quantitative estimate of drug-likeness (QED) is 0.787. The van der Waals surface area contributed by atoms with E-state index in [1.54, 1.807) is 0 Å². The summed E-state index contributed by atoms with van der Waals surface area (Å²) in [6, 6.07) is -0.284. The molecule has 5 nitrogen and oxygen atoms in total. The highest BCUT2D eigenvalue weighted by Crippen LogP contribution is 2.16. The van der Waals surface area contributed by atoms with Crippen molar-refractivity contribution in [3.8, 4) is 0 Å². The molecule has 2 amide bonds. The molecule has 0 saturated carbocycles. The van der Waals surface area contributed by atoms with E-state index in [1.807, 2.05) is 0 Å². The van der Waals surface area contributed by atoms with Gasteiger partial charge in [-0.2, -0.15) is 0 Å². The van der Waals surface area contributed by atoms with Gasteiger partial charge >= 0.3 is 12.0 Å². The topological polar surface area (TPSA) is 69.6 Å². The molecule has 1 heterocycles. The fraction of sp³-hybridized carbons (Fsp3) is 0.600. The molecule has 16 heavy (non-hydrogen) atoms. The summed E-state index contributed by atoms with van der Waals surface area (Å²) < 4.78 is 0. The minimum Gasteiger partial charge on any atom is -0.481 e. The van der Waals surface area contributed by atoms with Crippen molar-refractivity contribution in [2.45, 2.75) is 12.8 Å². The number of hydrogen-bond acceptors (Lipinski definition) is 2. The van der Waals surface area contributed by atoms with E-state index in [9.17, 15) is 9.59 Å². The molecule has 0 aromatic heterocycles. The lowest BCUT2D eigenvalue weighted by atomic mass is 9.99. The highest BCUT2D eigenvalue weighted by molar-refractivity contribution is 6.29. The molecular weight excluding hydrogens is 232 g/mol. The molecule has 0 unspecified atom stereocenters. The third kappa shape index (κ3) is 3.73. The van der Waals surface area contributed by atoms with Gasteiger partial charge in [-0.1, -0.05) is 18.2 Å². The van der Waals surface area contributed by atoms with Crippen LogP contribution < -0.4 is 5.32 Å². The van der Waals surface area contributed by atoms with Gasteiger partial charge in [0.05, 0.1) is 12.5 Å². The molecule has 1 aliphatic heterocycles. The smallest absolute Gasteiger partial charge is 0.317 e. The Morgan fingerprint density at radius 2 is 2.25 bits per heavy atom. The number of halogens is 1. The minimum atomic E-state index is -0.848. The van der Waals surface area contributed by atoms with E-state index < -0.39 is 11.9 Å². The van der Waals surface area contributed by atoms with E-state index in [0.717, 1.165) is 0 Å². The number of carboxylic acid groups (broad SMARTS) is 1. The minimum absolute atomic E-state index is 0.203. The Bertz CT molecular complexity index is 306. The Labute approximate surface area is 99.1 Å². The first-order valence-electron chi connectivity index (χ1n) is 5.09. The highest BCUT2D eigenvalue weighted by atomic mass is 35.5. The summed E-state index contributed by atoms with van der Waals surface area (Å²) in [5, 5.41) is 11.8. The Balaban J connectivity index is 2.43. The third-order valence-corrected chi connectivity index (χ3v) is 2.62. The lowest BCUT2D eigenvalue weighted by molar-refractivity contribution is -0.143. The Morgan fingerprint density at radius 1 is 1.56 bits per heavy atom. The number of carbonyl (C=O) groups is 2. The predicted molar refractivity (Wildman–Crippen MR) is 60.3 cm³/mol. The van der Waals surface area contributed by atoms with E-state index in [4.69, 9.17) is 16.7 Å². The Morgan fingerprint density at radius 3 is 2.81 bits per heavy atom. The predicted octanol–water partition coefficient (Wildman–Crippen LogP) is 1.25. The van der Waals surface area contributed by atoms with E-state index >= 15 is 0 Å². The van der Waals surface area contributed by atoms with Crippen molar-refractivity contribution in [3.63, 3.8) is 0 Å². The molecule has 1 aliphatic rings. The SMILES string of the molecule is C=C(Cl)CNC(=O)N1CCC[C@H](C(=O)O)C1. The monoisotopic (exact) mass is 246 g/mol. The maximum absolute atomic E-state index is 11.6. The molecule has 0 spiro atoms. The summed E-state index contributed by atoms with van der Waals surface area (Å²) in [6.07, 6.45) is 1.34. The summed E-state index contributed by atoms with van der Waals surface area (Å²) in [5.41, 5.74) is 0. The normalized spacial score (nSPS) is 20.3. The van der Waals surface area contributed by atoms with Crippen molar-refractivity contribution in [1.29, 1.82) is 0 Å². The first kappa shape index (κ1) is 12.8. The van der Waals surface area contributed by atoms with Crippen molar-refractivity contribution >= 4 is 23.6 Å². The van der Waals surface area contributed by atoms with E-state index in [1.165, 1.54) is 4.90 Å². The standard InChI is InChI=1S/C10H15ClN2O3/c1-7(11)5-12-10(16)13-4-2-3-8(6-13)9(14)15/h8H,1-6H2,(H,12,16)(H,14,15)/t8-/m0/s1. The number of urea groups is 1. The largest absolute Gasteiger partial charge is 0.481 e. The fourth-order valence-corrected chi connectivity index (χ4v) is 1.71. The molecule has 90 valence electrons. The second kappa shape index (κ2) is 5.75. The molecular formula is C10H15ClN2O3. The van der Waals surface area contributed by atoms with E-state index in [2.05, 4.69) is 11.9 Å². The number of piperidine rings is 1. The van der Waals surface area contributed by atoms with Crippen LogP contribution in [0.25, 0.3) is 0 Å². The molecule has 1 saturated heterocycles. The van der Waals surface area contributed by atoms with Gasteiger partial charge in [0.25, 0.3) is 0 Å². The van der Waals surface area contributed by atoms with Crippen LogP contribution in [0.5, 0.6) is 0 Å². The zero-order valence-electron chi connectivity index (χ0n) is 8.91. The van der Waals surface area contributed by atoms with Crippen molar-refractivity contribution in [2.75, 3.05) is 19.6 Å². The number of nitrogens with one attached hydrogen (secondary N) is 1. The number of nitrogens with zero attached hydrogens (tertiary/aromatic N) is 1. The van der Waals surface area contributed by atoms with Gasteiger partial charge in [0, 0.05) is 18.1 Å². The average Bonchev–Trinajstić information content (AvgIpc) is 2.26. The second-order valence-electron chi connectivity index (χ2n) is 3.80. The van der Waals surface area contributed by atoms with Crippen LogP contribution in [-0.2, 0) is 4.79 Å². The van der Waals surface area contributed by atoms with Gasteiger partial charge in [-0.15, -0.1) is 0 Å². The highest BCUT2D eigenvalue weighted by Gasteiger charge is 2.27. The lowest BCUT2D eigenvalue weighted by Gasteiger charge is -2.30. The molecule has 6 heteroatoms. The van der Waals surface area contributed by atoms with Crippen molar-refractivity contribution in [3.05, 3.63) is 11.6 Å². The van der Waals surface area contributed by atoms with Crippen molar-refractivity contribution < 1.29 is 14.7 Å². The van der Waals surface area contributed by atoms with Crippen LogP contribution >= 0.6 is 11.6 Å². The van der Waals surface area contributed by atoms with E-state index in [0.29, 0.717) is 24.4 Å². The Kier molecular flexibility index (Phi) is 4.61. The molecule has 0 aromatic carbocycles. The maximum atomic E-state index is 11.6. The first-order chi connectivity index (χ1) is 7.50. The zero-order chi connectivity index (χ0) is 12.1. The van der Waals surface area contributed by atoms with Crippen LogP contribution in [-0.4, -0.2) is 41.6 Å². The molecule has 1 atom stereocenters. The van der Waals surface area contributed by atoms with Crippen LogP contribution in [0.3, 0.4) is 0 Å². The van der Waals surface area contributed by atoms with E-state index in [-0.39, 0.29) is 19.1 Å². The summed E-state index contributed by atoms with van der Waals surface area (Å²) >= 11 is 5.52. The average molecular weight is 247 g/mol. The van der Waals surface area contributed by atoms with Gasteiger partial charge in [0.2, 0.25) is 0 Å². The fourth-order valence-electron chi connectivity index (χ4n) is 1.65. The number of carbonyl (C=O) groups excluding carboxylic acids is 1. The van der Waals surface area contributed by atoms with Crippen molar-refractivity contribution in [1.82, 2.24) is 10.2 Å². The van der Waals surface area contributed by atoms with Gasteiger partial charge in [0.15, 0.2) is 0 Å². The van der Waals surface area contributed by atoms with Gasteiger partial charge in [-0.05, 0) is 12.8 Å². The molecule has 1 fully saturated rings. The van der Waals surface area contributed by atoms with Gasteiger partial charge in [0.1, 0.15) is 0 Å². The number of likely N-dealkylation sites (tertiary alicyclic amines) is 1. The summed E-state index contributed by atoms with van der Waals surface area (Å²) in [4.78, 5) is 23.9. The lowest BCUT2D eigenvalue weighted by Crippen LogP contribution is -2.47. The number of hydrogen-bond donors (Lipinski definition) is 2. The van der Waals surface area contributed by atoms with Gasteiger partial charge in [-0.3, -0.25) is 4.79 Å². The van der Waals surface area contributed by atoms with Crippen LogP contribution in [0.2, 0.25) is 0 Å². The molecule has 0 bridgehead atoms. The van der Waals surface area contributed by atoms with Gasteiger partial charge < -0.3 is 15.3 Å². The first-order valence-corrected chi connectivity index (χ1v) is 5.47. The molecule has 1 rings (SSSR count). The Hall–Kier alpha value is -1.23. The van der Waals surface area contributed by atoms with Crippen LogP contribution in [0.4, 0.5) is 4.79 Å². The number of amides is 2. The summed E-state index contributed by atoms with van der Waals surface area (Å²) in [7, 11) is 0. The number of carboxylic acids is 1. The van der Waals surface area contributed by atoms with Crippen molar-refractivity contribution in [2.24, 2.45) is 5.92 Å². The van der Waals surface area contributed by atoms with Gasteiger partial charge in [-0.25, -0.2) is 4.79 Å².